The number of hydrogen-bond acceptors (Lipinski definition) is 5. The molecule has 0 spiro atoms. The molecule has 8 nitrogen and oxygen atoms in total. The van der Waals surface area contributed by atoms with E-state index in [2.05, 4.69) is 0 Å². The van der Waals surface area contributed by atoms with Gasteiger partial charge >= 0.3 is 17.9 Å². The van der Waals surface area contributed by atoms with Crippen molar-refractivity contribution in [2.45, 2.75) is 0 Å². The zero-order valence-electron chi connectivity index (χ0n) is 12.5. The molecule has 2 aromatic carbocycles. The average molecular weight is 563 g/mol. The third kappa shape index (κ3) is 7.38. The van der Waals surface area contributed by atoms with E-state index in [0.29, 0.717) is 0 Å². The SMILES string of the molecule is O=C(O)c1cccc(C(=O)O)c1.O=C([O-])c1cccc(C(=O)O)c1.[Th]. The minimum Gasteiger partial charge on any atom is -0.545 e. The van der Waals surface area contributed by atoms with E-state index in [1.807, 2.05) is 0 Å². The van der Waals surface area contributed by atoms with Gasteiger partial charge in [0.2, 0.25) is 0 Å². The Morgan fingerprint density at radius 1 is 0.640 bits per heavy atom. The largest absolute Gasteiger partial charge is 0.545 e. The predicted molar refractivity (Wildman–Crippen MR) is 78.1 cm³/mol. The van der Waals surface area contributed by atoms with Crippen molar-refractivity contribution < 1.29 is 79.5 Å². The van der Waals surface area contributed by atoms with Crippen molar-refractivity contribution in [2.24, 2.45) is 0 Å². The van der Waals surface area contributed by atoms with Gasteiger partial charge in [0, 0.05) is 39.9 Å². The van der Waals surface area contributed by atoms with E-state index in [0.717, 1.165) is 12.1 Å². The van der Waals surface area contributed by atoms with Crippen molar-refractivity contribution in [3.8, 4) is 0 Å². The maximum Gasteiger partial charge on any atom is 0.335 e. The Balaban J connectivity index is 0.000000443. The molecule has 0 aliphatic rings. The molecule has 0 radical (unpaired) electrons. The molecule has 0 amide bonds. The van der Waals surface area contributed by atoms with Gasteiger partial charge in [0.25, 0.3) is 0 Å². The minimum atomic E-state index is -1.38. The van der Waals surface area contributed by atoms with Gasteiger partial charge in [-0.05, 0) is 35.9 Å². The molecule has 25 heavy (non-hydrogen) atoms. The van der Waals surface area contributed by atoms with Gasteiger partial charge in [-0.25, -0.2) is 14.4 Å². The average Bonchev–Trinajstić information content (AvgIpc) is 2.55. The molecule has 0 bridgehead atoms. The number of hydrogen-bond donors (Lipinski definition) is 3. The molecule has 3 N–H and O–H groups in total. The van der Waals surface area contributed by atoms with Crippen LogP contribution < -0.4 is 5.11 Å². The first kappa shape index (κ1) is 22.6. The van der Waals surface area contributed by atoms with Crippen molar-refractivity contribution >= 4 is 23.9 Å². The summed E-state index contributed by atoms with van der Waals surface area (Å²) in [6, 6.07) is 10.2. The minimum absolute atomic E-state index is 0. The molecule has 2 aromatic rings. The van der Waals surface area contributed by atoms with Crippen molar-refractivity contribution in [1.29, 1.82) is 0 Å². The molecule has 2 rings (SSSR count). The van der Waals surface area contributed by atoms with Crippen molar-refractivity contribution in [2.75, 3.05) is 0 Å². The van der Waals surface area contributed by atoms with Crippen molar-refractivity contribution in [1.82, 2.24) is 0 Å². The van der Waals surface area contributed by atoms with Gasteiger partial charge in [0.05, 0.1) is 22.7 Å². The molecule has 0 saturated carbocycles. The number of carbonyl (C=O) groups is 4. The third-order valence-electron chi connectivity index (χ3n) is 2.70. The number of carbonyl (C=O) groups excluding carboxylic acids is 1. The molecule has 0 aromatic heterocycles. The predicted octanol–water partition coefficient (Wildman–Crippen LogP) is 0.831. The maximum absolute atomic E-state index is 10.4. The molecule has 0 heterocycles. The second-order valence-electron chi connectivity index (χ2n) is 4.36. The third-order valence-corrected chi connectivity index (χ3v) is 2.70. The number of benzene rings is 2. The number of rotatable bonds is 4. The second-order valence-corrected chi connectivity index (χ2v) is 4.36. The fraction of sp³-hybridized carbons (Fsp3) is 0. The van der Waals surface area contributed by atoms with E-state index in [9.17, 15) is 24.3 Å². The zero-order chi connectivity index (χ0) is 18.3. The quantitative estimate of drug-likeness (QED) is 0.495. The van der Waals surface area contributed by atoms with Gasteiger partial charge in [-0.15, -0.1) is 0 Å². The molecule has 0 aliphatic heterocycles. The molecule has 0 atom stereocenters. The molecule has 128 valence electrons. The van der Waals surface area contributed by atoms with Crippen LogP contribution in [-0.4, -0.2) is 39.2 Å². The fourth-order valence-corrected chi connectivity index (χ4v) is 1.56. The summed E-state index contributed by atoms with van der Waals surface area (Å²) in [5.74, 6) is -4.78. The molecule has 0 saturated heterocycles. The number of carboxylic acids is 4. The van der Waals surface area contributed by atoms with E-state index < -0.39 is 23.9 Å². The first-order chi connectivity index (χ1) is 11.2. The fourth-order valence-electron chi connectivity index (χ4n) is 1.56. The Kier molecular flexibility index (Phi) is 9.51. The Labute approximate surface area is 173 Å². The van der Waals surface area contributed by atoms with Crippen LogP contribution >= 0.6 is 0 Å². The second kappa shape index (κ2) is 10.5. The van der Waals surface area contributed by atoms with E-state index in [1.165, 1.54) is 36.4 Å². The standard InChI is InChI=1S/2C8H6O4.Th/c2*9-7(10)5-2-1-3-6(4-5)8(11)12;/h2*1-4H,(H,9,10)(H,11,12);/p-1. The van der Waals surface area contributed by atoms with Crippen LogP contribution in [0.4, 0.5) is 0 Å². The summed E-state index contributed by atoms with van der Waals surface area (Å²) in [5.41, 5.74) is -0.226. The molecular weight excluding hydrogens is 552 g/mol. The van der Waals surface area contributed by atoms with Gasteiger partial charge < -0.3 is 25.2 Å². The van der Waals surface area contributed by atoms with Crippen molar-refractivity contribution in [3.05, 3.63) is 70.8 Å². The first-order valence-electron chi connectivity index (χ1n) is 6.33. The Morgan fingerprint density at radius 2 is 0.920 bits per heavy atom. The van der Waals surface area contributed by atoms with Crippen molar-refractivity contribution in [3.63, 3.8) is 0 Å². The Bertz CT molecular complexity index is 674. The summed E-state index contributed by atoms with van der Waals surface area (Å²) in [6.07, 6.45) is 0. The van der Waals surface area contributed by atoms with Crippen LogP contribution in [0.3, 0.4) is 0 Å². The summed E-state index contributed by atoms with van der Waals surface area (Å²) < 4.78 is 0. The van der Waals surface area contributed by atoms with Crippen LogP contribution in [0.5, 0.6) is 0 Å². The Hall–Kier alpha value is -2.36. The summed E-state index contributed by atoms with van der Waals surface area (Å²) in [6.45, 7) is 0. The molecule has 0 aliphatic carbocycles. The van der Waals surface area contributed by atoms with Gasteiger partial charge in [0.15, 0.2) is 0 Å². The van der Waals surface area contributed by atoms with E-state index in [-0.39, 0.29) is 62.2 Å². The molecular formula is C16H11O8Th-. The summed E-state index contributed by atoms with van der Waals surface area (Å²) in [5, 5.41) is 35.7. The smallest absolute Gasteiger partial charge is 0.335 e. The van der Waals surface area contributed by atoms with Gasteiger partial charge in [-0.2, -0.15) is 0 Å². The molecule has 0 unspecified atom stereocenters. The van der Waals surface area contributed by atoms with Crippen LogP contribution in [0.1, 0.15) is 41.4 Å². The van der Waals surface area contributed by atoms with Gasteiger partial charge in [-0.1, -0.05) is 18.2 Å². The zero-order valence-corrected chi connectivity index (χ0v) is 16.6. The topological polar surface area (TPSA) is 152 Å². The van der Waals surface area contributed by atoms with Crippen LogP contribution in [0, 0.1) is 39.9 Å². The first-order valence-corrected chi connectivity index (χ1v) is 6.33. The van der Waals surface area contributed by atoms with Crippen LogP contribution in [0.15, 0.2) is 48.5 Å². The molecule has 0 fully saturated rings. The maximum atomic E-state index is 10.4. The van der Waals surface area contributed by atoms with E-state index in [1.54, 1.807) is 0 Å². The number of carboxylic acid groups (broad SMARTS) is 4. The normalized spacial score (nSPS) is 8.96. The van der Waals surface area contributed by atoms with E-state index in [4.69, 9.17) is 15.3 Å². The summed E-state index contributed by atoms with van der Waals surface area (Å²) in [4.78, 5) is 41.4. The van der Waals surface area contributed by atoms with Gasteiger partial charge in [0.1, 0.15) is 0 Å². The van der Waals surface area contributed by atoms with Crippen LogP contribution in [0.2, 0.25) is 0 Å². The van der Waals surface area contributed by atoms with Crippen LogP contribution in [0.25, 0.3) is 0 Å². The Morgan fingerprint density at radius 3 is 1.20 bits per heavy atom. The van der Waals surface area contributed by atoms with Gasteiger partial charge in [-0.3, -0.25) is 0 Å². The number of aromatic carboxylic acids is 4. The van der Waals surface area contributed by atoms with Crippen LogP contribution in [-0.2, 0) is 0 Å². The molecule has 9 heteroatoms. The summed E-state index contributed by atoms with van der Waals surface area (Å²) >= 11 is 0. The monoisotopic (exact) mass is 563 g/mol. The summed E-state index contributed by atoms with van der Waals surface area (Å²) in [7, 11) is 0. The van der Waals surface area contributed by atoms with E-state index >= 15 is 0 Å².